The molecule has 0 N–H and O–H groups in total. The van der Waals surface area contributed by atoms with Crippen LogP contribution in [0, 0.1) is 0 Å². The van der Waals surface area contributed by atoms with Gasteiger partial charge in [0.15, 0.2) is 0 Å². The van der Waals surface area contributed by atoms with Gasteiger partial charge in [0.25, 0.3) is 0 Å². The zero-order chi connectivity index (χ0) is 45.0. The highest BCUT2D eigenvalue weighted by atomic mass is 15.1. The Balaban J connectivity index is 1.25. The molecule has 0 radical (unpaired) electrons. The van der Waals surface area contributed by atoms with E-state index in [1.165, 1.54) is 137 Å². The fourth-order valence-electron chi connectivity index (χ4n) is 11.1. The molecular weight excluding hydrogens is 757 g/mol. The zero-order valence-electron chi connectivity index (χ0n) is 39.9. The molecule has 1 heterocycles. The molecular formula is C49H45B13N2. The molecule has 15 heteroatoms. The van der Waals surface area contributed by atoms with Crippen molar-refractivity contribution in [2.45, 2.75) is 0 Å². The Hall–Kier alpha value is -5.93. The third-order valence-electron chi connectivity index (χ3n) is 15.8. The Kier molecular flexibility index (Phi) is 10.3. The molecule has 0 amide bonds. The maximum atomic E-state index is 5.32. The third-order valence-corrected chi connectivity index (χ3v) is 15.8. The number of imidazole rings is 1. The average Bonchev–Trinajstić information content (AvgIpc) is 3.71. The van der Waals surface area contributed by atoms with Crippen LogP contribution in [0.25, 0.3) is 93.8 Å². The third kappa shape index (κ3) is 6.17. The van der Waals surface area contributed by atoms with Crippen molar-refractivity contribution in [3.63, 3.8) is 0 Å². The highest BCUT2D eigenvalue weighted by molar-refractivity contribution is 6.72. The molecule has 0 aliphatic heterocycles. The van der Waals surface area contributed by atoms with Crippen LogP contribution in [-0.4, -0.2) is 112 Å². The summed E-state index contributed by atoms with van der Waals surface area (Å²) in [7, 11) is 30.1. The van der Waals surface area contributed by atoms with Gasteiger partial charge in [0.05, 0.1) is 16.7 Å². The number of benzene rings is 9. The molecule has 0 saturated carbocycles. The van der Waals surface area contributed by atoms with Crippen LogP contribution in [0.15, 0.2) is 115 Å². The van der Waals surface area contributed by atoms with Crippen LogP contribution in [0.4, 0.5) is 0 Å². The van der Waals surface area contributed by atoms with Crippen LogP contribution in [0.5, 0.6) is 0 Å². The minimum atomic E-state index is 0.941. The fraction of sp³-hybridized carbons (Fsp3) is 0. The standard InChI is InChI=1S/C49H45B13N2/c50-36-31(37(51)43(57)48(62)42(36)56)23-14-12-21(13-15-23)29-32-34(40(54)46(60)44(58)38(32)52)30(35-33(29)39(53)45(59)47(61)41(35)55)22-16-18-24(19-17-22)49-63-26-9-3-4-10-28(26)64(49)27-11-5-7-20-6-1-2-8-25(20)27/h1-19H,50-62H2. The summed E-state index contributed by atoms with van der Waals surface area (Å²) >= 11 is 0. The van der Waals surface area contributed by atoms with Crippen molar-refractivity contribution < 1.29 is 0 Å². The monoisotopic (exact) mass is 804 g/mol. The van der Waals surface area contributed by atoms with Gasteiger partial charge in [-0.05, 0) is 78.5 Å². The lowest BCUT2D eigenvalue weighted by Crippen LogP contribution is -2.55. The van der Waals surface area contributed by atoms with Gasteiger partial charge >= 0.3 is 0 Å². The SMILES string of the molecule is Bc1c(B)c(B)c(-c2ccc(-c3c4c(B)c(B)c(B)c(B)c4c(-c4ccc(-c5nc6ccccc6n5-c5cccc6ccccc56)cc4)c4c(B)c(B)c(B)c(B)c34)cc2)c(B)c1B. The lowest BCUT2D eigenvalue weighted by Gasteiger charge is -2.28. The summed E-state index contributed by atoms with van der Waals surface area (Å²) in [5.74, 6) is 0.941. The quantitative estimate of drug-likeness (QED) is 0.125. The van der Waals surface area contributed by atoms with E-state index in [4.69, 9.17) is 4.98 Å². The summed E-state index contributed by atoms with van der Waals surface area (Å²) < 4.78 is 2.35. The second kappa shape index (κ2) is 15.7. The molecule has 64 heavy (non-hydrogen) atoms. The van der Waals surface area contributed by atoms with Gasteiger partial charge in [-0.15, -0.1) is 38.2 Å². The number of hydrogen-bond donors (Lipinski definition) is 0. The molecule has 10 rings (SSSR count). The predicted octanol–water partition coefficient (Wildman–Crippen LogP) is -9.49. The van der Waals surface area contributed by atoms with Gasteiger partial charge in [-0.25, -0.2) is 4.98 Å². The Morgan fingerprint density at radius 3 is 1.19 bits per heavy atom. The van der Waals surface area contributed by atoms with Crippen molar-refractivity contribution in [2.75, 3.05) is 0 Å². The molecule has 1 aromatic heterocycles. The lowest BCUT2D eigenvalue weighted by atomic mass is 9.59. The summed E-state index contributed by atoms with van der Waals surface area (Å²) in [6.45, 7) is 0. The van der Waals surface area contributed by atoms with Crippen molar-refractivity contribution >= 4 is 216 Å². The minimum Gasteiger partial charge on any atom is -0.292 e. The Morgan fingerprint density at radius 2 is 0.688 bits per heavy atom. The van der Waals surface area contributed by atoms with Gasteiger partial charge < -0.3 is 0 Å². The molecule has 0 spiro atoms. The maximum Gasteiger partial charge on any atom is 0.145 e. The maximum absolute atomic E-state index is 5.32. The average molecular weight is 802 g/mol. The summed E-state index contributed by atoms with van der Waals surface area (Å²) in [6, 6.07) is 42.6. The number of rotatable bonds is 5. The molecule has 0 aliphatic carbocycles. The first-order valence-electron chi connectivity index (χ1n) is 22.9. The van der Waals surface area contributed by atoms with E-state index in [0.717, 1.165) is 28.1 Å². The first kappa shape index (κ1) is 42.0. The van der Waals surface area contributed by atoms with Crippen molar-refractivity contribution in [3.05, 3.63) is 115 Å². The van der Waals surface area contributed by atoms with Crippen molar-refractivity contribution in [1.29, 1.82) is 0 Å². The normalized spacial score (nSPS) is 11.6. The molecule has 0 fully saturated rings. The van der Waals surface area contributed by atoms with E-state index in [2.05, 4.69) is 222 Å². The van der Waals surface area contributed by atoms with Gasteiger partial charge in [0.2, 0.25) is 0 Å². The molecule has 0 unspecified atom stereocenters. The largest absolute Gasteiger partial charge is 0.292 e. The molecule has 9 aromatic carbocycles. The zero-order valence-corrected chi connectivity index (χ0v) is 39.9. The molecule has 290 valence electrons. The van der Waals surface area contributed by atoms with Gasteiger partial charge in [0, 0.05) is 10.9 Å². The summed E-state index contributed by atoms with van der Waals surface area (Å²) in [5, 5.41) is 7.84. The second-order valence-corrected chi connectivity index (χ2v) is 18.7. The van der Waals surface area contributed by atoms with Gasteiger partial charge in [-0.1, -0.05) is 130 Å². The lowest BCUT2D eigenvalue weighted by molar-refractivity contribution is 1.11. The van der Waals surface area contributed by atoms with E-state index in [-0.39, 0.29) is 0 Å². The number of aromatic nitrogens is 2. The van der Waals surface area contributed by atoms with Gasteiger partial charge in [0.1, 0.15) is 108 Å². The van der Waals surface area contributed by atoms with E-state index >= 15 is 0 Å². The highest BCUT2D eigenvalue weighted by Crippen LogP contribution is 2.42. The molecule has 0 saturated heterocycles. The summed E-state index contributed by atoms with van der Waals surface area (Å²) in [5.41, 5.74) is 29.9. The van der Waals surface area contributed by atoms with Crippen molar-refractivity contribution in [3.8, 4) is 50.5 Å². The van der Waals surface area contributed by atoms with Crippen molar-refractivity contribution in [2.24, 2.45) is 0 Å². The summed E-state index contributed by atoms with van der Waals surface area (Å²) in [6.07, 6.45) is 0. The topological polar surface area (TPSA) is 17.8 Å². The van der Waals surface area contributed by atoms with Crippen LogP contribution in [0.2, 0.25) is 0 Å². The fourth-order valence-corrected chi connectivity index (χ4v) is 11.1. The second-order valence-electron chi connectivity index (χ2n) is 18.7. The molecule has 0 bridgehead atoms. The molecule has 0 atom stereocenters. The van der Waals surface area contributed by atoms with Gasteiger partial charge in [-0.2, -0.15) is 0 Å². The Morgan fingerprint density at radius 1 is 0.312 bits per heavy atom. The smallest absolute Gasteiger partial charge is 0.145 e. The van der Waals surface area contributed by atoms with E-state index in [0.29, 0.717) is 0 Å². The summed E-state index contributed by atoms with van der Waals surface area (Å²) in [4.78, 5) is 5.32. The number of hydrogen-bond acceptors (Lipinski definition) is 1. The molecule has 2 nitrogen and oxygen atoms in total. The van der Waals surface area contributed by atoms with Crippen LogP contribution >= 0.6 is 0 Å². The minimum absolute atomic E-state index is 0.941. The number of nitrogens with zero attached hydrogens (tertiary/aromatic N) is 2. The van der Waals surface area contributed by atoms with E-state index in [1.807, 2.05) is 0 Å². The van der Waals surface area contributed by atoms with E-state index < -0.39 is 0 Å². The highest BCUT2D eigenvalue weighted by Gasteiger charge is 2.26. The first-order valence-corrected chi connectivity index (χ1v) is 22.9. The molecule has 0 aliphatic rings. The Bertz CT molecular complexity index is 3520. The predicted molar refractivity (Wildman–Crippen MR) is 322 cm³/mol. The van der Waals surface area contributed by atoms with Gasteiger partial charge in [-0.3, -0.25) is 4.57 Å². The van der Waals surface area contributed by atoms with E-state index in [1.54, 1.807) is 0 Å². The van der Waals surface area contributed by atoms with Crippen molar-refractivity contribution in [1.82, 2.24) is 9.55 Å². The molecule has 10 aromatic rings. The Labute approximate surface area is 389 Å². The number of fused-ring (bicyclic) bond motifs is 4. The van der Waals surface area contributed by atoms with Crippen LogP contribution < -0.4 is 71.0 Å². The van der Waals surface area contributed by atoms with E-state index in [9.17, 15) is 0 Å². The number of para-hydroxylation sites is 2. The van der Waals surface area contributed by atoms with Crippen LogP contribution in [0.1, 0.15) is 0 Å². The first-order chi connectivity index (χ1) is 30.7. The van der Waals surface area contributed by atoms with Crippen LogP contribution in [-0.2, 0) is 0 Å². The van der Waals surface area contributed by atoms with Crippen LogP contribution in [0.3, 0.4) is 0 Å².